The first-order valence-electron chi connectivity index (χ1n) is 8.62. The molecule has 138 valence electrons. The number of hydrogen-bond acceptors (Lipinski definition) is 5. The molecular formula is C17H25N3O4S. The molecule has 0 bridgehead atoms. The van der Waals surface area contributed by atoms with E-state index in [1.54, 1.807) is 4.90 Å². The summed E-state index contributed by atoms with van der Waals surface area (Å²) in [6.07, 6.45) is 5.16. The third-order valence-electron chi connectivity index (χ3n) is 4.31. The molecule has 7 nitrogen and oxygen atoms in total. The lowest BCUT2D eigenvalue weighted by Crippen LogP contribution is -2.41. The van der Waals surface area contributed by atoms with Crippen LogP contribution in [0.3, 0.4) is 0 Å². The Bertz CT molecular complexity index is 733. The Hall–Kier alpha value is -1.96. The van der Waals surface area contributed by atoms with Crippen LogP contribution in [0.15, 0.2) is 18.5 Å². The first-order chi connectivity index (χ1) is 11.9. The van der Waals surface area contributed by atoms with Gasteiger partial charge in [-0.05, 0) is 25.8 Å². The van der Waals surface area contributed by atoms with Crippen LogP contribution in [0.5, 0.6) is 0 Å². The van der Waals surface area contributed by atoms with Gasteiger partial charge < -0.3 is 10.2 Å². The van der Waals surface area contributed by atoms with Gasteiger partial charge in [-0.2, -0.15) is 0 Å². The lowest BCUT2D eigenvalue weighted by Gasteiger charge is -2.26. The molecule has 2 heterocycles. The summed E-state index contributed by atoms with van der Waals surface area (Å²) in [6, 6.07) is 1.20. The van der Waals surface area contributed by atoms with Crippen LogP contribution in [0.4, 0.5) is 0 Å². The summed E-state index contributed by atoms with van der Waals surface area (Å²) in [5.74, 6) is -0.445. The molecule has 2 amide bonds. The second kappa shape index (κ2) is 8.42. The number of amides is 2. The van der Waals surface area contributed by atoms with Crippen LogP contribution in [0, 0.1) is 0 Å². The van der Waals surface area contributed by atoms with E-state index in [9.17, 15) is 18.0 Å². The van der Waals surface area contributed by atoms with Gasteiger partial charge in [-0.25, -0.2) is 8.42 Å². The first-order valence-corrected chi connectivity index (χ1v) is 10.4. The molecule has 0 aliphatic carbocycles. The minimum Gasteiger partial charge on any atom is -0.352 e. The molecule has 8 heteroatoms. The number of rotatable bonds is 7. The molecular weight excluding hydrogens is 342 g/mol. The third kappa shape index (κ3) is 5.01. The minimum absolute atomic E-state index is 0.00277. The standard InChI is InChI=1S/C17H25N3O4S/c1-3-5-7-19-16(21)13-9-14(11-18-10-13)17(22)20(4-2)15-6-8-25(23,24)12-15/h9-11,15H,3-8,12H2,1-2H3,(H,19,21). The molecule has 1 unspecified atom stereocenters. The van der Waals surface area contributed by atoms with Crippen molar-refractivity contribution in [3.8, 4) is 0 Å². The third-order valence-corrected chi connectivity index (χ3v) is 6.06. The van der Waals surface area contributed by atoms with E-state index in [0.717, 1.165) is 12.8 Å². The van der Waals surface area contributed by atoms with Gasteiger partial charge in [0.25, 0.3) is 11.8 Å². The van der Waals surface area contributed by atoms with Crippen LogP contribution in [-0.2, 0) is 9.84 Å². The van der Waals surface area contributed by atoms with Gasteiger partial charge in [0.2, 0.25) is 0 Å². The largest absolute Gasteiger partial charge is 0.352 e. The molecule has 1 atom stereocenters. The highest BCUT2D eigenvalue weighted by Crippen LogP contribution is 2.20. The Labute approximate surface area is 148 Å². The Kier molecular flexibility index (Phi) is 6.52. The molecule has 1 aromatic heterocycles. The zero-order valence-corrected chi connectivity index (χ0v) is 15.5. The van der Waals surface area contributed by atoms with Gasteiger partial charge in [0, 0.05) is 31.5 Å². The van der Waals surface area contributed by atoms with E-state index in [1.807, 2.05) is 13.8 Å². The second-order valence-electron chi connectivity index (χ2n) is 6.22. The summed E-state index contributed by atoms with van der Waals surface area (Å²) in [7, 11) is -3.07. The van der Waals surface area contributed by atoms with Crippen molar-refractivity contribution < 1.29 is 18.0 Å². The maximum absolute atomic E-state index is 12.8. The van der Waals surface area contributed by atoms with Gasteiger partial charge in [0.05, 0.1) is 22.6 Å². The highest BCUT2D eigenvalue weighted by Gasteiger charge is 2.34. The molecule has 0 spiro atoms. The Morgan fingerprint density at radius 1 is 1.28 bits per heavy atom. The number of nitrogens with zero attached hydrogens (tertiary/aromatic N) is 2. The van der Waals surface area contributed by atoms with Crippen molar-refractivity contribution >= 4 is 21.7 Å². The van der Waals surface area contributed by atoms with Crippen LogP contribution >= 0.6 is 0 Å². The predicted octanol–water partition coefficient (Wildman–Crippen LogP) is 1.26. The van der Waals surface area contributed by atoms with Crippen molar-refractivity contribution in [3.63, 3.8) is 0 Å². The smallest absolute Gasteiger partial charge is 0.255 e. The zero-order chi connectivity index (χ0) is 18.4. The fraction of sp³-hybridized carbons (Fsp3) is 0.588. The number of aromatic nitrogens is 1. The minimum atomic E-state index is -3.07. The number of sulfone groups is 1. The van der Waals surface area contributed by atoms with Crippen molar-refractivity contribution in [2.24, 2.45) is 0 Å². The number of pyridine rings is 1. The molecule has 1 saturated heterocycles. The molecule has 1 N–H and O–H groups in total. The van der Waals surface area contributed by atoms with E-state index in [2.05, 4.69) is 10.3 Å². The van der Waals surface area contributed by atoms with E-state index in [-0.39, 0.29) is 29.4 Å². The average molecular weight is 367 g/mol. The van der Waals surface area contributed by atoms with Crippen LogP contribution in [0.1, 0.15) is 53.8 Å². The van der Waals surface area contributed by atoms with Crippen LogP contribution in [-0.4, -0.2) is 60.8 Å². The molecule has 2 rings (SSSR count). The van der Waals surface area contributed by atoms with E-state index in [0.29, 0.717) is 30.6 Å². The van der Waals surface area contributed by atoms with Crippen LogP contribution < -0.4 is 5.32 Å². The zero-order valence-electron chi connectivity index (χ0n) is 14.7. The maximum atomic E-state index is 12.8. The van der Waals surface area contributed by atoms with Crippen LogP contribution in [0.2, 0.25) is 0 Å². The normalized spacial score (nSPS) is 18.7. The Balaban J connectivity index is 2.13. The fourth-order valence-electron chi connectivity index (χ4n) is 2.92. The molecule has 1 aromatic rings. The summed E-state index contributed by atoms with van der Waals surface area (Å²) in [5.41, 5.74) is 0.631. The molecule has 25 heavy (non-hydrogen) atoms. The lowest BCUT2D eigenvalue weighted by atomic mass is 10.1. The molecule has 0 radical (unpaired) electrons. The topological polar surface area (TPSA) is 96.4 Å². The Morgan fingerprint density at radius 3 is 2.60 bits per heavy atom. The summed E-state index contributed by atoms with van der Waals surface area (Å²) in [6.45, 7) is 4.84. The van der Waals surface area contributed by atoms with Gasteiger partial charge >= 0.3 is 0 Å². The van der Waals surface area contributed by atoms with E-state index in [1.165, 1.54) is 18.5 Å². The number of carbonyl (C=O) groups is 2. The highest BCUT2D eigenvalue weighted by molar-refractivity contribution is 7.91. The number of hydrogen-bond donors (Lipinski definition) is 1. The van der Waals surface area contributed by atoms with Crippen molar-refractivity contribution in [2.45, 2.75) is 39.2 Å². The van der Waals surface area contributed by atoms with Gasteiger partial charge in [0.1, 0.15) is 0 Å². The van der Waals surface area contributed by atoms with Gasteiger partial charge in [-0.15, -0.1) is 0 Å². The molecule has 0 saturated carbocycles. The second-order valence-corrected chi connectivity index (χ2v) is 8.45. The molecule has 1 aliphatic rings. The molecule has 0 aromatic carbocycles. The van der Waals surface area contributed by atoms with Crippen molar-refractivity contribution in [1.82, 2.24) is 15.2 Å². The Morgan fingerprint density at radius 2 is 2.00 bits per heavy atom. The predicted molar refractivity (Wildman–Crippen MR) is 95.2 cm³/mol. The van der Waals surface area contributed by atoms with Crippen molar-refractivity contribution in [3.05, 3.63) is 29.6 Å². The average Bonchev–Trinajstić information content (AvgIpc) is 2.95. The summed E-state index contributed by atoms with van der Waals surface area (Å²) in [4.78, 5) is 30.4. The van der Waals surface area contributed by atoms with Gasteiger partial charge in [0.15, 0.2) is 9.84 Å². The van der Waals surface area contributed by atoms with Gasteiger partial charge in [-0.3, -0.25) is 14.6 Å². The number of unbranched alkanes of at least 4 members (excludes halogenated alkanes) is 1. The SMILES string of the molecule is CCCCNC(=O)c1cncc(C(=O)N(CC)C2CCS(=O)(=O)C2)c1. The molecule has 1 aliphatic heterocycles. The lowest BCUT2D eigenvalue weighted by molar-refractivity contribution is 0.0708. The first kappa shape index (κ1) is 19.4. The van der Waals surface area contributed by atoms with E-state index < -0.39 is 9.84 Å². The maximum Gasteiger partial charge on any atom is 0.255 e. The number of carbonyl (C=O) groups excluding carboxylic acids is 2. The van der Waals surface area contributed by atoms with Crippen molar-refractivity contribution in [1.29, 1.82) is 0 Å². The summed E-state index contributed by atoms with van der Waals surface area (Å²) < 4.78 is 23.4. The van der Waals surface area contributed by atoms with Gasteiger partial charge in [-0.1, -0.05) is 13.3 Å². The van der Waals surface area contributed by atoms with Crippen LogP contribution in [0.25, 0.3) is 0 Å². The fourth-order valence-corrected chi connectivity index (χ4v) is 4.65. The highest BCUT2D eigenvalue weighted by atomic mass is 32.2. The monoisotopic (exact) mass is 367 g/mol. The number of nitrogens with one attached hydrogen (secondary N) is 1. The molecule has 1 fully saturated rings. The quantitative estimate of drug-likeness (QED) is 0.732. The van der Waals surface area contributed by atoms with Crippen molar-refractivity contribution in [2.75, 3.05) is 24.6 Å². The summed E-state index contributed by atoms with van der Waals surface area (Å²) in [5, 5.41) is 2.79. The van der Waals surface area contributed by atoms with E-state index >= 15 is 0 Å². The summed E-state index contributed by atoms with van der Waals surface area (Å²) >= 11 is 0. The van der Waals surface area contributed by atoms with E-state index in [4.69, 9.17) is 0 Å².